The first-order valence-electron chi connectivity index (χ1n) is 5.41. The molecule has 16 heavy (non-hydrogen) atoms. The van der Waals surface area contributed by atoms with Crippen LogP contribution in [-0.4, -0.2) is 37.0 Å². The number of aromatic hydroxyl groups is 1. The number of phenolic OH excluding ortho intramolecular Hbond substituents is 1. The molecule has 1 aromatic carbocycles. The number of quaternary nitrogens is 1. The van der Waals surface area contributed by atoms with E-state index in [0.29, 0.717) is 15.9 Å². The van der Waals surface area contributed by atoms with Gasteiger partial charge in [-0.3, -0.25) is 4.48 Å². The molecule has 0 aliphatic heterocycles. The monoisotopic (exact) mass is 225 g/mol. The Bertz CT molecular complexity index is 359. The van der Waals surface area contributed by atoms with Gasteiger partial charge in [0.25, 0.3) is 0 Å². The van der Waals surface area contributed by atoms with Crippen molar-refractivity contribution in [3.05, 3.63) is 18.2 Å². The van der Waals surface area contributed by atoms with E-state index in [9.17, 15) is 5.11 Å². The van der Waals surface area contributed by atoms with Gasteiger partial charge in [0.1, 0.15) is 5.75 Å². The molecule has 1 unspecified atom stereocenters. The average Bonchev–Trinajstić information content (AvgIpc) is 2.17. The molecule has 0 bridgehead atoms. The maximum atomic E-state index is 9.39. The van der Waals surface area contributed by atoms with Crippen LogP contribution in [0.25, 0.3) is 0 Å². The van der Waals surface area contributed by atoms with Crippen molar-refractivity contribution in [2.75, 3.05) is 26.9 Å². The van der Waals surface area contributed by atoms with E-state index in [1.807, 2.05) is 0 Å². The highest BCUT2D eigenvalue weighted by Gasteiger charge is 2.24. The van der Waals surface area contributed by atoms with E-state index in [2.05, 4.69) is 28.1 Å². The number of benzene rings is 1. The van der Waals surface area contributed by atoms with E-state index in [0.717, 1.165) is 6.42 Å². The van der Waals surface area contributed by atoms with E-state index in [-0.39, 0.29) is 12.0 Å². The van der Waals surface area contributed by atoms with Crippen molar-refractivity contribution < 1.29 is 14.3 Å². The number of nitrogens with zero attached hydrogens (tertiary/aromatic N) is 1. The third-order valence-corrected chi connectivity index (χ3v) is 2.47. The Morgan fingerprint density at radius 1 is 1.38 bits per heavy atom. The highest BCUT2D eigenvalue weighted by Crippen LogP contribution is 2.28. The highest BCUT2D eigenvalue weighted by atomic mass is 16.5. The van der Waals surface area contributed by atoms with Gasteiger partial charge in [-0.1, -0.05) is 6.92 Å². The zero-order chi connectivity index (χ0) is 12.3. The van der Waals surface area contributed by atoms with Crippen molar-refractivity contribution in [2.45, 2.75) is 19.6 Å². The highest BCUT2D eigenvalue weighted by molar-refractivity contribution is 5.55. The summed E-state index contributed by atoms with van der Waals surface area (Å²) in [6, 6.07) is 4.75. The molecule has 90 valence electrons. The minimum Gasteiger partial charge on any atom is -0.508 e. The minimum absolute atomic E-state index is 0.0177. The summed E-state index contributed by atoms with van der Waals surface area (Å²) in [5.41, 5.74) is 6.34. The van der Waals surface area contributed by atoms with Gasteiger partial charge in [-0.15, -0.1) is 0 Å². The van der Waals surface area contributed by atoms with Gasteiger partial charge in [0.05, 0.1) is 26.8 Å². The Morgan fingerprint density at radius 2 is 2.00 bits per heavy atom. The molecule has 0 aliphatic carbocycles. The number of nitrogen functional groups attached to an aromatic ring is 1. The third-order valence-electron chi connectivity index (χ3n) is 2.47. The predicted octanol–water partition coefficient (Wildman–Crippen LogP) is 1.80. The number of rotatable bonds is 4. The summed E-state index contributed by atoms with van der Waals surface area (Å²) in [5, 5.41) is 9.39. The topological polar surface area (TPSA) is 55.5 Å². The molecule has 0 aliphatic rings. The fraction of sp³-hybridized carbons (Fsp3) is 0.500. The quantitative estimate of drug-likeness (QED) is 0.355. The van der Waals surface area contributed by atoms with Gasteiger partial charge < -0.3 is 15.6 Å². The Hall–Kier alpha value is -1.42. The van der Waals surface area contributed by atoms with E-state index in [1.165, 1.54) is 0 Å². The van der Waals surface area contributed by atoms with Crippen molar-refractivity contribution in [1.82, 2.24) is 0 Å². The van der Waals surface area contributed by atoms with Gasteiger partial charge in [0, 0.05) is 12.5 Å². The largest absolute Gasteiger partial charge is 0.508 e. The average molecular weight is 225 g/mol. The van der Waals surface area contributed by atoms with Gasteiger partial charge in [-0.05, 0) is 12.1 Å². The SMILES string of the molecule is CCC(Oc1cc(O)ccc1N)[N+](C)(C)C. The van der Waals surface area contributed by atoms with Gasteiger partial charge >= 0.3 is 0 Å². The number of phenols is 1. The lowest BCUT2D eigenvalue weighted by Gasteiger charge is -2.33. The second kappa shape index (κ2) is 4.61. The van der Waals surface area contributed by atoms with Crippen LogP contribution in [0.3, 0.4) is 0 Å². The second-order valence-corrected chi connectivity index (χ2v) is 4.82. The van der Waals surface area contributed by atoms with Gasteiger partial charge in [0.15, 0.2) is 5.75 Å². The first-order chi connectivity index (χ1) is 7.34. The van der Waals surface area contributed by atoms with Crippen LogP contribution in [0.15, 0.2) is 18.2 Å². The summed E-state index contributed by atoms with van der Waals surface area (Å²) in [7, 11) is 6.19. The fourth-order valence-corrected chi connectivity index (χ4v) is 1.56. The number of nitrogens with two attached hydrogens (primary N) is 1. The standard InChI is InChI=1S/C12H20N2O2/c1-5-12(14(2,3)4)16-11-8-9(15)6-7-10(11)13/h6-8,12H,5,13H2,1-4H3/p+1. The van der Waals surface area contributed by atoms with Crippen molar-refractivity contribution >= 4 is 5.69 Å². The van der Waals surface area contributed by atoms with Gasteiger partial charge in [-0.25, -0.2) is 0 Å². The van der Waals surface area contributed by atoms with Gasteiger partial charge in [-0.2, -0.15) is 0 Å². The molecular weight excluding hydrogens is 204 g/mol. The summed E-state index contributed by atoms with van der Waals surface area (Å²) in [6.07, 6.45) is 0.891. The van der Waals surface area contributed by atoms with Crippen LogP contribution in [0.1, 0.15) is 13.3 Å². The van der Waals surface area contributed by atoms with E-state index >= 15 is 0 Å². The summed E-state index contributed by atoms with van der Waals surface area (Å²) in [4.78, 5) is 0. The van der Waals surface area contributed by atoms with E-state index in [1.54, 1.807) is 18.2 Å². The molecule has 4 heteroatoms. The lowest BCUT2D eigenvalue weighted by molar-refractivity contribution is -0.915. The van der Waals surface area contributed by atoms with Crippen molar-refractivity contribution in [2.24, 2.45) is 0 Å². The number of hydrogen-bond acceptors (Lipinski definition) is 3. The summed E-state index contributed by atoms with van der Waals surface area (Å²) in [5.74, 6) is 0.709. The van der Waals surface area contributed by atoms with Crippen LogP contribution < -0.4 is 10.5 Å². The van der Waals surface area contributed by atoms with E-state index in [4.69, 9.17) is 10.5 Å². The van der Waals surface area contributed by atoms with Crippen LogP contribution >= 0.6 is 0 Å². The van der Waals surface area contributed by atoms with Gasteiger partial charge in [0.2, 0.25) is 6.23 Å². The molecule has 0 saturated carbocycles. The molecule has 0 amide bonds. The molecule has 4 nitrogen and oxygen atoms in total. The van der Waals surface area contributed by atoms with Crippen LogP contribution in [0.2, 0.25) is 0 Å². The molecule has 3 N–H and O–H groups in total. The van der Waals surface area contributed by atoms with Crippen LogP contribution in [-0.2, 0) is 0 Å². The van der Waals surface area contributed by atoms with Crippen LogP contribution in [0.4, 0.5) is 5.69 Å². The molecule has 0 spiro atoms. The van der Waals surface area contributed by atoms with E-state index < -0.39 is 0 Å². The Labute approximate surface area is 96.8 Å². The maximum absolute atomic E-state index is 9.39. The Morgan fingerprint density at radius 3 is 2.50 bits per heavy atom. The number of ether oxygens (including phenoxy) is 1. The maximum Gasteiger partial charge on any atom is 0.232 e. The Balaban J connectivity index is 2.90. The number of hydrogen-bond donors (Lipinski definition) is 2. The molecule has 0 saturated heterocycles. The molecule has 0 fully saturated rings. The first kappa shape index (κ1) is 12.6. The molecule has 0 heterocycles. The summed E-state index contributed by atoms with van der Waals surface area (Å²) in [6.45, 7) is 2.06. The van der Waals surface area contributed by atoms with Crippen molar-refractivity contribution in [3.8, 4) is 11.5 Å². The zero-order valence-corrected chi connectivity index (χ0v) is 10.4. The molecule has 0 aromatic heterocycles. The van der Waals surface area contributed by atoms with Crippen LogP contribution in [0, 0.1) is 0 Å². The molecule has 1 atom stereocenters. The normalized spacial score (nSPS) is 13.5. The van der Waals surface area contributed by atoms with Crippen molar-refractivity contribution in [3.63, 3.8) is 0 Å². The molecule has 1 rings (SSSR count). The third kappa shape index (κ3) is 3.03. The zero-order valence-electron chi connectivity index (χ0n) is 10.4. The molecule has 0 radical (unpaired) electrons. The smallest absolute Gasteiger partial charge is 0.232 e. The molecule has 1 aromatic rings. The van der Waals surface area contributed by atoms with Crippen molar-refractivity contribution in [1.29, 1.82) is 0 Å². The predicted molar refractivity (Wildman–Crippen MR) is 65.3 cm³/mol. The fourth-order valence-electron chi connectivity index (χ4n) is 1.56. The summed E-state index contributed by atoms with van der Waals surface area (Å²) < 4.78 is 6.51. The lowest BCUT2D eigenvalue weighted by atomic mass is 10.2. The van der Waals surface area contributed by atoms with Crippen LogP contribution in [0.5, 0.6) is 11.5 Å². The first-order valence-corrected chi connectivity index (χ1v) is 5.41. The minimum atomic E-state index is 0.0177. The second-order valence-electron chi connectivity index (χ2n) is 4.82. The lowest BCUT2D eigenvalue weighted by Crippen LogP contribution is -2.48. The summed E-state index contributed by atoms with van der Waals surface area (Å²) >= 11 is 0. The Kier molecular flexibility index (Phi) is 3.65. The number of anilines is 1. The molecular formula is C12H21N2O2+.